The first-order valence-electron chi connectivity index (χ1n) is 6.25. The second-order valence-corrected chi connectivity index (χ2v) is 4.75. The Morgan fingerprint density at radius 1 is 1.26 bits per heavy atom. The van der Waals surface area contributed by atoms with Gasteiger partial charge in [0.25, 0.3) is 5.91 Å². The lowest BCUT2D eigenvalue weighted by atomic mass is 10.0. The van der Waals surface area contributed by atoms with Gasteiger partial charge in [0.2, 0.25) is 5.91 Å². The van der Waals surface area contributed by atoms with Crippen molar-refractivity contribution in [2.24, 2.45) is 11.7 Å². The quantitative estimate of drug-likeness (QED) is 0.773. The molecule has 0 heterocycles. The van der Waals surface area contributed by atoms with Gasteiger partial charge in [-0.3, -0.25) is 9.59 Å². The molecule has 0 aromatic heterocycles. The van der Waals surface area contributed by atoms with Crippen molar-refractivity contribution < 1.29 is 14.3 Å². The third kappa shape index (κ3) is 5.90. The Morgan fingerprint density at radius 3 is 2.42 bits per heavy atom. The number of rotatable bonds is 7. The van der Waals surface area contributed by atoms with E-state index in [0.717, 1.165) is 0 Å². The van der Waals surface area contributed by atoms with E-state index in [-0.39, 0.29) is 18.4 Å². The maximum atomic E-state index is 11.7. The van der Waals surface area contributed by atoms with Crippen LogP contribution in [0.15, 0.2) is 30.3 Å². The Labute approximate surface area is 113 Å². The lowest BCUT2D eigenvalue weighted by molar-refractivity contribution is -0.128. The summed E-state index contributed by atoms with van der Waals surface area (Å²) in [7, 11) is 0. The van der Waals surface area contributed by atoms with E-state index < -0.39 is 11.9 Å². The van der Waals surface area contributed by atoms with Crippen LogP contribution in [0, 0.1) is 5.92 Å². The van der Waals surface area contributed by atoms with Gasteiger partial charge in [-0.05, 0) is 24.5 Å². The number of ether oxygens (including phenoxy) is 1. The molecule has 0 aliphatic carbocycles. The molecule has 0 fully saturated rings. The predicted octanol–water partition coefficient (Wildman–Crippen LogP) is 1.08. The second-order valence-electron chi connectivity index (χ2n) is 4.75. The average Bonchev–Trinajstić information content (AvgIpc) is 2.36. The number of carbonyl (C=O) groups excluding carboxylic acids is 2. The molecule has 0 saturated carbocycles. The molecule has 1 rings (SSSR count). The van der Waals surface area contributed by atoms with E-state index in [1.165, 1.54) is 0 Å². The topological polar surface area (TPSA) is 81.4 Å². The number of nitrogens with one attached hydrogen (secondary N) is 1. The van der Waals surface area contributed by atoms with Gasteiger partial charge in [-0.2, -0.15) is 0 Å². The number of para-hydroxylation sites is 1. The highest BCUT2D eigenvalue weighted by Crippen LogP contribution is 2.08. The third-order valence-electron chi connectivity index (χ3n) is 2.50. The lowest BCUT2D eigenvalue weighted by Crippen LogP contribution is -2.46. The molecule has 0 unspecified atom stereocenters. The van der Waals surface area contributed by atoms with E-state index in [0.29, 0.717) is 12.2 Å². The van der Waals surface area contributed by atoms with Gasteiger partial charge in [-0.25, -0.2) is 0 Å². The van der Waals surface area contributed by atoms with E-state index in [2.05, 4.69) is 5.32 Å². The van der Waals surface area contributed by atoms with E-state index in [4.69, 9.17) is 10.5 Å². The van der Waals surface area contributed by atoms with Gasteiger partial charge in [0.1, 0.15) is 11.8 Å². The summed E-state index contributed by atoms with van der Waals surface area (Å²) < 4.78 is 5.29. The fourth-order valence-corrected chi connectivity index (χ4v) is 1.62. The number of hydrogen-bond donors (Lipinski definition) is 2. The van der Waals surface area contributed by atoms with E-state index >= 15 is 0 Å². The van der Waals surface area contributed by atoms with Crippen LogP contribution in [0.3, 0.4) is 0 Å². The first kappa shape index (κ1) is 15.0. The van der Waals surface area contributed by atoms with E-state index in [1.807, 2.05) is 32.0 Å². The minimum absolute atomic E-state index is 0.133. The highest BCUT2D eigenvalue weighted by molar-refractivity contribution is 5.87. The first-order chi connectivity index (χ1) is 8.99. The van der Waals surface area contributed by atoms with Crippen LogP contribution in [0.1, 0.15) is 20.3 Å². The van der Waals surface area contributed by atoms with Crippen molar-refractivity contribution in [1.82, 2.24) is 5.32 Å². The van der Waals surface area contributed by atoms with Crippen molar-refractivity contribution in [2.75, 3.05) is 6.61 Å². The van der Waals surface area contributed by atoms with Crippen molar-refractivity contribution in [2.45, 2.75) is 26.3 Å². The third-order valence-corrected chi connectivity index (χ3v) is 2.50. The highest BCUT2D eigenvalue weighted by Gasteiger charge is 2.19. The molecule has 5 nitrogen and oxygen atoms in total. The van der Waals surface area contributed by atoms with Gasteiger partial charge >= 0.3 is 0 Å². The average molecular weight is 264 g/mol. The largest absolute Gasteiger partial charge is 0.484 e. The van der Waals surface area contributed by atoms with Crippen molar-refractivity contribution >= 4 is 11.8 Å². The fraction of sp³-hybridized carbons (Fsp3) is 0.429. The van der Waals surface area contributed by atoms with Crippen LogP contribution in [-0.4, -0.2) is 24.5 Å². The summed E-state index contributed by atoms with van der Waals surface area (Å²) in [6, 6.07) is 8.36. The molecule has 0 bridgehead atoms. The molecular formula is C14H20N2O3. The predicted molar refractivity (Wildman–Crippen MR) is 72.5 cm³/mol. The van der Waals surface area contributed by atoms with Gasteiger partial charge in [-0.1, -0.05) is 32.0 Å². The van der Waals surface area contributed by atoms with Crippen molar-refractivity contribution in [1.29, 1.82) is 0 Å². The lowest BCUT2D eigenvalue weighted by Gasteiger charge is -2.17. The summed E-state index contributed by atoms with van der Waals surface area (Å²) in [6.07, 6.45) is 0.520. The van der Waals surface area contributed by atoms with E-state index in [9.17, 15) is 9.59 Å². The second kappa shape index (κ2) is 7.41. The SMILES string of the molecule is CC(C)C[C@H](NC(=O)COc1ccccc1)C(N)=O. The maximum absolute atomic E-state index is 11.7. The smallest absolute Gasteiger partial charge is 0.258 e. The number of primary amides is 1. The monoisotopic (exact) mass is 264 g/mol. The Hall–Kier alpha value is -2.04. The molecule has 3 N–H and O–H groups in total. The Morgan fingerprint density at radius 2 is 1.89 bits per heavy atom. The molecule has 104 valence electrons. The summed E-state index contributed by atoms with van der Waals surface area (Å²) in [5.74, 6) is 0.0000375. The van der Waals surface area contributed by atoms with Crippen molar-refractivity contribution in [3.8, 4) is 5.75 Å². The normalized spacial score (nSPS) is 11.9. The molecule has 1 aromatic carbocycles. The summed E-state index contributed by atoms with van der Waals surface area (Å²) in [5.41, 5.74) is 5.25. The Balaban J connectivity index is 2.42. The number of hydrogen-bond acceptors (Lipinski definition) is 3. The molecule has 0 spiro atoms. The van der Waals surface area contributed by atoms with E-state index in [1.54, 1.807) is 12.1 Å². The number of carbonyl (C=O) groups is 2. The fourth-order valence-electron chi connectivity index (χ4n) is 1.62. The molecule has 0 aliphatic rings. The number of nitrogens with two attached hydrogens (primary N) is 1. The molecule has 0 aliphatic heterocycles. The van der Waals surface area contributed by atoms with Crippen LogP contribution in [0.4, 0.5) is 0 Å². The summed E-state index contributed by atoms with van der Waals surface area (Å²) in [6.45, 7) is 3.79. The van der Waals surface area contributed by atoms with Crippen LogP contribution in [-0.2, 0) is 9.59 Å². The van der Waals surface area contributed by atoms with Crippen LogP contribution >= 0.6 is 0 Å². The molecule has 1 atom stereocenters. The molecule has 5 heteroatoms. The van der Waals surface area contributed by atoms with Crippen molar-refractivity contribution in [3.63, 3.8) is 0 Å². The van der Waals surface area contributed by atoms with Crippen LogP contribution in [0.25, 0.3) is 0 Å². The standard InChI is InChI=1S/C14H20N2O3/c1-10(2)8-12(14(15)18)16-13(17)9-19-11-6-4-3-5-7-11/h3-7,10,12H,8-9H2,1-2H3,(H2,15,18)(H,16,17)/t12-/m0/s1. The summed E-state index contributed by atoms with van der Waals surface area (Å²) >= 11 is 0. The van der Waals surface area contributed by atoms with Crippen LogP contribution in [0.2, 0.25) is 0 Å². The molecule has 0 saturated heterocycles. The Bertz CT molecular complexity index is 418. The van der Waals surface area contributed by atoms with Gasteiger partial charge in [0.15, 0.2) is 6.61 Å². The van der Waals surface area contributed by atoms with Crippen molar-refractivity contribution in [3.05, 3.63) is 30.3 Å². The Kier molecular flexibility index (Phi) is 5.85. The minimum Gasteiger partial charge on any atom is -0.484 e. The summed E-state index contributed by atoms with van der Waals surface area (Å²) in [4.78, 5) is 22.9. The number of benzene rings is 1. The molecule has 19 heavy (non-hydrogen) atoms. The van der Waals surface area contributed by atoms with Gasteiger partial charge < -0.3 is 15.8 Å². The molecule has 1 aromatic rings. The zero-order valence-corrected chi connectivity index (χ0v) is 11.3. The van der Waals surface area contributed by atoms with Crippen LogP contribution < -0.4 is 15.8 Å². The first-order valence-corrected chi connectivity index (χ1v) is 6.25. The zero-order chi connectivity index (χ0) is 14.3. The summed E-state index contributed by atoms with van der Waals surface area (Å²) in [5, 5.41) is 2.58. The van der Waals surface area contributed by atoms with Crippen LogP contribution in [0.5, 0.6) is 5.75 Å². The highest BCUT2D eigenvalue weighted by atomic mass is 16.5. The minimum atomic E-state index is -0.646. The zero-order valence-electron chi connectivity index (χ0n) is 11.3. The maximum Gasteiger partial charge on any atom is 0.258 e. The molecular weight excluding hydrogens is 244 g/mol. The molecule has 2 amide bonds. The van der Waals surface area contributed by atoms with Gasteiger partial charge in [0.05, 0.1) is 0 Å². The number of amides is 2. The van der Waals surface area contributed by atoms with Gasteiger partial charge in [0, 0.05) is 0 Å². The molecule has 0 radical (unpaired) electrons. The van der Waals surface area contributed by atoms with Gasteiger partial charge in [-0.15, -0.1) is 0 Å².